The van der Waals surface area contributed by atoms with Crippen LogP contribution < -0.4 is 10.5 Å². The van der Waals surface area contributed by atoms with Crippen LogP contribution in [0.3, 0.4) is 0 Å². The second-order valence-corrected chi connectivity index (χ2v) is 3.64. The van der Waals surface area contributed by atoms with E-state index in [2.05, 4.69) is 5.10 Å². The second kappa shape index (κ2) is 3.28. The molecule has 4 nitrogen and oxygen atoms in total. The number of rotatable bonds is 4. The van der Waals surface area contributed by atoms with Crippen molar-refractivity contribution in [1.82, 2.24) is 9.78 Å². The Labute approximate surface area is 77.7 Å². The second-order valence-electron chi connectivity index (χ2n) is 3.64. The lowest BCUT2D eigenvalue weighted by atomic mass is 10.3. The zero-order chi connectivity index (χ0) is 9.26. The van der Waals surface area contributed by atoms with E-state index in [0.29, 0.717) is 11.6 Å². The van der Waals surface area contributed by atoms with Crippen LogP contribution >= 0.6 is 0 Å². The third kappa shape index (κ3) is 2.14. The van der Waals surface area contributed by atoms with Gasteiger partial charge in [-0.3, -0.25) is 4.68 Å². The highest BCUT2D eigenvalue weighted by atomic mass is 16.5. The van der Waals surface area contributed by atoms with Crippen molar-refractivity contribution in [3.8, 4) is 5.88 Å². The predicted octanol–water partition coefficient (Wildman–Crippen LogP) is 1.18. The van der Waals surface area contributed by atoms with E-state index in [4.69, 9.17) is 10.5 Å². The normalized spacial score (nSPS) is 16.1. The summed E-state index contributed by atoms with van der Waals surface area (Å²) < 4.78 is 7.12. The van der Waals surface area contributed by atoms with Crippen molar-refractivity contribution < 1.29 is 4.74 Å². The molecule has 2 N–H and O–H groups in total. The molecular formula is C9H15N3O. The average molecular weight is 181 g/mol. The first-order chi connectivity index (χ1) is 6.25. The van der Waals surface area contributed by atoms with E-state index in [-0.39, 0.29) is 0 Å². The molecule has 0 aromatic carbocycles. The fourth-order valence-corrected chi connectivity index (χ4v) is 1.33. The van der Waals surface area contributed by atoms with E-state index in [1.54, 1.807) is 10.9 Å². The Hall–Kier alpha value is -1.19. The number of anilines is 1. The van der Waals surface area contributed by atoms with Crippen LogP contribution in [0.15, 0.2) is 6.20 Å². The van der Waals surface area contributed by atoms with E-state index in [1.807, 2.05) is 7.05 Å². The maximum Gasteiger partial charge on any atom is 0.256 e. The Bertz CT molecular complexity index is 291. The van der Waals surface area contributed by atoms with E-state index in [9.17, 15) is 0 Å². The van der Waals surface area contributed by atoms with Crippen LogP contribution in [0.4, 0.5) is 5.69 Å². The molecule has 1 aromatic heterocycles. The van der Waals surface area contributed by atoms with Gasteiger partial charge in [-0.05, 0) is 12.3 Å². The summed E-state index contributed by atoms with van der Waals surface area (Å²) in [6, 6.07) is 0. The first kappa shape index (κ1) is 8.41. The lowest BCUT2D eigenvalue weighted by Gasteiger charge is -2.01. The highest BCUT2D eigenvalue weighted by Gasteiger charge is 2.21. The summed E-state index contributed by atoms with van der Waals surface area (Å²) in [5.74, 6) is 1.47. The molecule has 0 aliphatic heterocycles. The Morgan fingerprint density at radius 3 is 3.00 bits per heavy atom. The Morgan fingerprint density at radius 1 is 1.69 bits per heavy atom. The zero-order valence-electron chi connectivity index (χ0n) is 7.86. The van der Waals surface area contributed by atoms with Crippen molar-refractivity contribution in [2.24, 2.45) is 13.0 Å². The minimum Gasteiger partial charge on any atom is -0.475 e. The SMILES string of the molecule is Cn1cc(N)c(OCCC2CC2)n1. The predicted molar refractivity (Wildman–Crippen MR) is 50.5 cm³/mol. The maximum atomic E-state index is 5.67. The van der Waals surface area contributed by atoms with E-state index < -0.39 is 0 Å². The largest absolute Gasteiger partial charge is 0.475 e. The Kier molecular flexibility index (Phi) is 2.12. The molecule has 1 saturated carbocycles. The molecule has 0 unspecified atom stereocenters. The van der Waals surface area contributed by atoms with E-state index in [0.717, 1.165) is 18.9 Å². The van der Waals surface area contributed by atoms with Crippen molar-refractivity contribution in [1.29, 1.82) is 0 Å². The number of nitrogens with two attached hydrogens (primary N) is 1. The summed E-state index contributed by atoms with van der Waals surface area (Å²) in [6.07, 6.45) is 5.62. The molecule has 4 heteroatoms. The van der Waals surface area contributed by atoms with Crippen LogP contribution in [0.1, 0.15) is 19.3 Å². The number of nitrogens with zero attached hydrogens (tertiary/aromatic N) is 2. The summed E-state index contributed by atoms with van der Waals surface area (Å²) >= 11 is 0. The smallest absolute Gasteiger partial charge is 0.256 e. The van der Waals surface area contributed by atoms with Crippen LogP contribution in [-0.2, 0) is 7.05 Å². The molecule has 1 aliphatic rings. The minimum absolute atomic E-state index is 0.572. The van der Waals surface area contributed by atoms with Crippen molar-refractivity contribution >= 4 is 5.69 Å². The van der Waals surface area contributed by atoms with Crippen LogP contribution in [0, 0.1) is 5.92 Å². The summed E-state index contributed by atoms with van der Waals surface area (Å²) in [7, 11) is 1.84. The summed E-state index contributed by atoms with van der Waals surface area (Å²) in [4.78, 5) is 0. The topological polar surface area (TPSA) is 53.1 Å². The molecule has 0 spiro atoms. The molecule has 13 heavy (non-hydrogen) atoms. The van der Waals surface area contributed by atoms with Gasteiger partial charge in [0, 0.05) is 7.05 Å². The number of aryl methyl sites for hydroxylation is 1. The van der Waals surface area contributed by atoms with Crippen LogP contribution in [0.25, 0.3) is 0 Å². The summed E-state index contributed by atoms with van der Waals surface area (Å²) in [5.41, 5.74) is 6.29. The molecule has 0 saturated heterocycles. The highest BCUT2D eigenvalue weighted by Crippen LogP contribution is 2.32. The van der Waals surface area contributed by atoms with Gasteiger partial charge in [-0.25, -0.2) is 0 Å². The standard InChI is InChI=1S/C9H15N3O/c1-12-6-8(10)9(11-12)13-5-4-7-2-3-7/h6-7H,2-5,10H2,1H3. The Balaban J connectivity index is 1.81. The first-order valence-electron chi connectivity index (χ1n) is 4.67. The molecule has 72 valence electrons. The fraction of sp³-hybridized carbons (Fsp3) is 0.667. The summed E-state index contributed by atoms with van der Waals surface area (Å²) in [6.45, 7) is 0.742. The number of hydrogen-bond donors (Lipinski definition) is 1. The van der Waals surface area contributed by atoms with Gasteiger partial charge in [-0.15, -0.1) is 5.10 Å². The molecule has 1 fully saturated rings. The van der Waals surface area contributed by atoms with E-state index >= 15 is 0 Å². The average Bonchev–Trinajstić information content (AvgIpc) is 2.81. The van der Waals surface area contributed by atoms with Gasteiger partial charge in [0.05, 0.1) is 12.8 Å². The Morgan fingerprint density at radius 2 is 2.46 bits per heavy atom. The minimum atomic E-state index is 0.572. The molecule has 0 amide bonds. The highest BCUT2D eigenvalue weighted by molar-refractivity contribution is 5.45. The van der Waals surface area contributed by atoms with Gasteiger partial charge < -0.3 is 10.5 Å². The molecule has 1 heterocycles. The van der Waals surface area contributed by atoms with E-state index in [1.165, 1.54) is 12.8 Å². The number of ether oxygens (including phenoxy) is 1. The third-order valence-corrected chi connectivity index (χ3v) is 2.28. The first-order valence-corrected chi connectivity index (χ1v) is 4.67. The number of nitrogen functional groups attached to an aromatic ring is 1. The van der Waals surface area contributed by atoms with Crippen LogP contribution in [-0.4, -0.2) is 16.4 Å². The van der Waals surface area contributed by atoms with Crippen LogP contribution in [0.5, 0.6) is 5.88 Å². The van der Waals surface area contributed by atoms with Gasteiger partial charge in [0.25, 0.3) is 5.88 Å². The number of aromatic nitrogens is 2. The molecule has 2 rings (SSSR count). The van der Waals surface area contributed by atoms with Gasteiger partial charge in [0.1, 0.15) is 5.69 Å². The molecule has 1 aromatic rings. The zero-order valence-corrected chi connectivity index (χ0v) is 7.86. The van der Waals surface area contributed by atoms with Gasteiger partial charge in [0.15, 0.2) is 0 Å². The molecular weight excluding hydrogens is 166 g/mol. The molecule has 1 aliphatic carbocycles. The van der Waals surface area contributed by atoms with Gasteiger partial charge >= 0.3 is 0 Å². The monoisotopic (exact) mass is 181 g/mol. The van der Waals surface area contributed by atoms with Crippen LogP contribution in [0.2, 0.25) is 0 Å². The number of hydrogen-bond acceptors (Lipinski definition) is 3. The van der Waals surface area contributed by atoms with Crippen molar-refractivity contribution in [3.05, 3.63) is 6.20 Å². The molecule has 0 atom stereocenters. The van der Waals surface area contributed by atoms with Crippen molar-refractivity contribution in [2.45, 2.75) is 19.3 Å². The summed E-state index contributed by atoms with van der Waals surface area (Å²) in [5, 5.41) is 4.10. The molecule has 0 bridgehead atoms. The quantitative estimate of drug-likeness (QED) is 0.758. The maximum absolute atomic E-state index is 5.67. The van der Waals surface area contributed by atoms with Gasteiger partial charge in [0.2, 0.25) is 0 Å². The lowest BCUT2D eigenvalue weighted by molar-refractivity contribution is 0.290. The molecule has 0 radical (unpaired) electrons. The van der Waals surface area contributed by atoms with Crippen molar-refractivity contribution in [2.75, 3.05) is 12.3 Å². The van der Waals surface area contributed by atoms with Gasteiger partial charge in [-0.2, -0.15) is 0 Å². The van der Waals surface area contributed by atoms with Crippen molar-refractivity contribution in [3.63, 3.8) is 0 Å². The third-order valence-electron chi connectivity index (χ3n) is 2.28. The fourth-order valence-electron chi connectivity index (χ4n) is 1.33. The van der Waals surface area contributed by atoms with Gasteiger partial charge in [-0.1, -0.05) is 12.8 Å². The lowest BCUT2D eigenvalue weighted by Crippen LogP contribution is -2.00.